The second kappa shape index (κ2) is 8.67. The number of benzene rings is 2. The Bertz CT molecular complexity index is 1310. The van der Waals surface area contributed by atoms with Gasteiger partial charge >= 0.3 is 5.97 Å². The van der Waals surface area contributed by atoms with Crippen LogP contribution in [0.3, 0.4) is 0 Å². The van der Waals surface area contributed by atoms with Gasteiger partial charge in [0.25, 0.3) is 5.91 Å². The van der Waals surface area contributed by atoms with E-state index in [4.69, 9.17) is 14.3 Å². The molecule has 7 nitrogen and oxygen atoms in total. The Hall–Kier alpha value is -3.72. The number of hydrogen-bond acceptors (Lipinski definition) is 7. The van der Waals surface area contributed by atoms with E-state index in [1.54, 1.807) is 24.1 Å². The minimum atomic E-state index is -0.604. The summed E-state index contributed by atoms with van der Waals surface area (Å²) in [5, 5.41) is 7.63. The number of para-hydroxylation sites is 1. The molecule has 2 aliphatic rings. The van der Waals surface area contributed by atoms with Crippen LogP contribution in [0.15, 0.2) is 80.1 Å². The van der Waals surface area contributed by atoms with Crippen molar-refractivity contribution < 1.29 is 23.1 Å². The van der Waals surface area contributed by atoms with Crippen LogP contribution < -0.4 is 0 Å². The lowest BCUT2D eigenvalue weighted by atomic mass is 10.0. The second-order valence-electron chi connectivity index (χ2n) is 7.37. The van der Waals surface area contributed by atoms with Crippen LogP contribution in [0.5, 0.6) is 0 Å². The van der Waals surface area contributed by atoms with Gasteiger partial charge in [0.05, 0.1) is 17.6 Å². The largest absolute Gasteiger partial charge is 0.463 e. The summed E-state index contributed by atoms with van der Waals surface area (Å²) in [6.45, 7) is 1.90. The highest BCUT2D eigenvalue weighted by Gasteiger charge is 2.37. The van der Waals surface area contributed by atoms with Gasteiger partial charge in [-0.1, -0.05) is 30.3 Å². The van der Waals surface area contributed by atoms with Gasteiger partial charge in [0.1, 0.15) is 17.1 Å². The Labute approximate surface area is 192 Å². The van der Waals surface area contributed by atoms with E-state index in [0.717, 1.165) is 34.4 Å². The molecule has 2 aromatic carbocycles. The summed E-state index contributed by atoms with van der Waals surface area (Å²) in [4.78, 5) is 28.5. The number of nitrogens with zero attached hydrogens (tertiary/aromatic N) is 3. The quantitative estimate of drug-likeness (QED) is 0.408. The third-order valence-corrected chi connectivity index (χ3v) is 6.19. The first kappa shape index (κ1) is 21.1. The number of amides is 1. The number of hydrogen-bond donors (Lipinski definition) is 0. The van der Waals surface area contributed by atoms with Crippen LogP contribution in [0.25, 0.3) is 11.0 Å². The highest BCUT2D eigenvalue weighted by atomic mass is 32.2. The third-order valence-electron chi connectivity index (χ3n) is 5.22. The molecule has 1 atom stereocenters. The smallest absolute Gasteiger partial charge is 0.332 e. The lowest BCUT2D eigenvalue weighted by Gasteiger charge is -2.22. The number of carbonyl (C=O) groups excluding carboxylic acids is 2. The molecule has 0 N–H and O–H groups in total. The van der Waals surface area contributed by atoms with Gasteiger partial charge in [0.15, 0.2) is 10.9 Å². The maximum Gasteiger partial charge on any atom is 0.332 e. The zero-order valence-corrected chi connectivity index (χ0v) is 18.3. The number of rotatable bonds is 4. The molecule has 0 radical (unpaired) electrons. The second-order valence-corrected chi connectivity index (χ2v) is 8.38. The van der Waals surface area contributed by atoms with Crippen molar-refractivity contribution in [3.63, 3.8) is 0 Å². The number of carbonyl (C=O) groups is 2. The minimum absolute atomic E-state index is 0.161. The Morgan fingerprint density at radius 1 is 1.27 bits per heavy atom. The van der Waals surface area contributed by atoms with Crippen molar-refractivity contribution in [2.75, 3.05) is 6.61 Å². The summed E-state index contributed by atoms with van der Waals surface area (Å²) >= 11 is 1.05. The molecular formula is C24H18FN3O4S. The standard InChI is InChI=1S/C24H18FN3O4S/c1-2-31-22(29)13-21-23(30)26-24(33-21)28-18(14-7-9-16(25)10-8-14)12-17(27-28)20-11-15-5-3-4-6-19(15)32-20/h3-11,13,18H,2,12H2,1H3/b21-13+. The first-order valence-corrected chi connectivity index (χ1v) is 11.1. The normalized spacial score (nSPS) is 19.3. The summed E-state index contributed by atoms with van der Waals surface area (Å²) in [5.41, 5.74) is 2.23. The lowest BCUT2D eigenvalue weighted by molar-refractivity contribution is -0.137. The number of fused-ring (bicyclic) bond motifs is 1. The molecule has 2 aliphatic heterocycles. The molecule has 1 unspecified atom stereocenters. The topological polar surface area (TPSA) is 84.5 Å². The van der Waals surface area contributed by atoms with Crippen LogP contribution in [0.1, 0.15) is 30.7 Å². The number of hydrazone groups is 1. The average molecular weight is 463 g/mol. The Balaban J connectivity index is 1.50. The van der Waals surface area contributed by atoms with Crippen molar-refractivity contribution >= 4 is 45.5 Å². The number of thioether (sulfide) groups is 1. The summed E-state index contributed by atoms with van der Waals surface area (Å²) in [7, 11) is 0. The van der Waals surface area contributed by atoms with Gasteiger partial charge in [-0.3, -0.25) is 4.79 Å². The number of amidine groups is 1. The van der Waals surface area contributed by atoms with E-state index in [9.17, 15) is 14.0 Å². The van der Waals surface area contributed by atoms with Crippen molar-refractivity contribution in [3.8, 4) is 0 Å². The molecule has 0 bridgehead atoms. The molecule has 33 heavy (non-hydrogen) atoms. The van der Waals surface area contributed by atoms with E-state index in [0.29, 0.717) is 23.1 Å². The lowest BCUT2D eigenvalue weighted by Crippen LogP contribution is -2.23. The van der Waals surface area contributed by atoms with Crippen LogP contribution >= 0.6 is 11.8 Å². The fourth-order valence-electron chi connectivity index (χ4n) is 3.69. The summed E-state index contributed by atoms with van der Waals surface area (Å²) < 4.78 is 24.4. The summed E-state index contributed by atoms with van der Waals surface area (Å²) in [6.07, 6.45) is 1.61. The zero-order chi connectivity index (χ0) is 22.9. The Kier molecular flexibility index (Phi) is 5.55. The van der Waals surface area contributed by atoms with Crippen LogP contribution in [-0.2, 0) is 14.3 Å². The first-order chi connectivity index (χ1) is 16.0. The van der Waals surface area contributed by atoms with E-state index < -0.39 is 11.9 Å². The van der Waals surface area contributed by atoms with E-state index in [1.165, 1.54) is 12.1 Å². The highest BCUT2D eigenvalue weighted by molar-refractivity contribution is 8.18. The molecular weight excluding hydrogens is 445 g/mol. The molecule has 166 valence electrons. The molecule has 9 heteroatoms. The van der Waals surface area contributed by atoms with Crippen LogP contribution in [0.4, 0.5) is 4.39 Å². The fourth-order valence-corrected chi connectivity index (χ4v) is 4.57. The van der Waals surface area contributed by atoms with Gasteiger partial charge < -0.3 is 9.15 Å². The highest BCUT2D eigenvalue weighted by Crippen LogP contribution is 2.39. The number of halogens is 1. The molecule has 0 saturated carbocycles. The van der Waals surface area contributed by atoms with E-state index in [-0.39, 0.29) is 23.4 Å². The van der Waals surface area contributed by atoms with Crippen molar-refractivity contribution in [2.45, 2.75) is 19.4 Å². The zero-order valence-electron chi connectivity index (χ0n) is 17.5. The predicted molar refractivity (Wildman–Crippen MR) is 123 cm³/mol. The van der Waals surface area contributed by atoms with Crippen LogP contribution in [-0.4, -0.2) is 34.4 Å². The predicted octanol–water partition coefficient (Wildman–Crippen LogP) is 4.80. The van der Waals surface area contributed by atoms with Crippen LogP contribution in [0, 0.1) is 5.82 Å². The minimum Gasteiger partial charge on any atom is -0.463 e. The van der Waals surface area contributed by atoms with Gasteiger partial charge in [-0.15, -0.1) is 0 Å². The molecule has 3 heterocycles. The molecule has 5 rings (SSSR count). The maximum atomic E-state index is 13.5. The molecule has 1 aromatic heterocycles. The molecule has 0 spiro atoms. The summed E-state index contributed by atoms with van der Waals surface area (Å²) in [6, 6.07) is 15.4. The molecule has 0 saturated heterocycles. The van der Waals surface area contributed by atoms with Crippen LogP contribution in [0.2, 0.25) is 0 Å². The van der Waals surface area contributed by atoms with E-state index in [2.05, 4.69) is 4.99 Å². The van der Waals surface area contributed by atoms with E-state index in [1.807, 2.05) is 30.3 Å². The van der Waals surface area contributed by atoms with Crippen molar-refractivity contribution in [1.82, 2.24) is 5.01 Å². The molecule has 0 fully saturated rings. The van der Waals surface area contributed by atoms with Gasteiger partial charge in [-0.2, -0.15) is 10.1 Å². The number of esters is 1. The third kappa shape index (κ3) is 4.19. The number of furan rings is 1. The molecule has 1 amide bonds. The van der Waals surface area contributed by atoms with E-state index >= 15 is 0 Å². The average Bonchev–Trinajstić information content (AvgIpc) is 3.51. The fraction of sp³-hybridized carbons (Fsp3) is 0.167. The van der Waals surface area contributed by atoms with Gasteiger partial charge in [0.2, 0.25) is 0 Å². The molecule has 3 aromatic rings. The first-order valence-electron chi connectivity index (χ1n) is 10.3. The van der Waals surface area contributed by atoms with Gasteiger partial charge in [-0.05, 0) is 48.5 Å². The number of ether oxygens (including phenoxy) is 1. The SMILES string of the molecule is CCOC(=O)/C=C1/SC(N2N=C(c3cc4ccccc4o3)CC2c2ccc(F)cc2)=NC1=O. The monoisotopic (exact) mass is 463 g/mol. The maximum absolute atomic E-state index is 13.5. The van der Waals surface area contributed by atoms with Crippen molar-refractivity contribution in [3.05, 3.63) is 82.7 Å². The van der Waals surface area contributed by atoms with Crippen molar-refractivity contribution in [1.29, 1.82) is 0 Å². The van der Waals surface area contributed by atoms with Crippen molar-refractivity contribution in [2.24, 2.45) is 10.1 Å². The molecule has 0 aliphatic carbocycles. The number of aliphatic imine (C=N–C) groups is 1. The Morgan fingerprint density at radius 3 is 2.82 bits per heavy atom. The van der Waals surface area contributed by atoms with Gasteiger partial charge in [0, 0.05) is 17.9 Å². The summed E-state index contributed by atoms with van der Waals surface area (Å²) in [5.74, 6) is -0.867. The van der Waals surface area contributed by atoms with Gasteiger partial charge in [-0.25, -0.2) is 14.2 Å². The Morgan fingerprint density at radius 2 is 2.06 bits per heavy atom.